The summed E-state index contributed by atoms with van der Waals surface area (Å²) in [4.78, 5) is 29.4. The van der Waals surface area contributed by atoms with E-state index in [1.165, 1.54) is 0 Å². The molecule has 0 atom stereocenters. The fraction of sp³-hybridized carbons (Fsp3) is 0.316. The van der Waals surface area contributed by atoms with E-state index >= 15 is 0 Å². The van der Waals surface area contributed by atoms with Crippen LogP contribution in [0.15, 0.2) is 48.8 Å². The van der Waals surface area contributed by atoms with Crippen molar-refractivity contribution in [3.8, 4) is 0 Å². The highest BCUT2D eigenvalue weighted by molar-refractivity contribution is 5.94. The summed E-state index contributed by atoms with van der Waals surface area (Å²) in [6.45, 7) is 1.79. The first-order valence-electron chi connectivity index (χ1n) is 8.38. The number of benzene rings is 1. The molecule has 2 aromatic rings. The number of nitrogens with zero attached hydrogens (tertiary/aromatic N) is 2. The molecular formula is C19H21N3O3. The molecule has 0 spiro atoms. The van der Waals surface area contributed by atoms with Crippen molar-refractivity contribution in [3.63, 3.8) is 0 Å². The Bertz CT molecular complexity index is 723. The molecule has 2 N–H and O–H groups in total. The zero-order chi connectivity index (χ0) is 17.6. The van der Waals surface area contributed by atoms with E-state index in [1.54, 1.807) is 36.7 Å². The maximum Gasteiger partial charge on any atom is 0.307 e. The average molecular weight is 339 g/mol. The normalized spacial score (nSPS) is 15.0. The van der Waals surface area contributed by atoms with Gasteiger partial charge in [-0.05, 0) is 42.7 Å². The number of hydrogen-bond donors (Lipinski definition) is 2. The van der Waals surface area contributed by atoms with Crippen LogP contribution >= 0.6 is 0 Å². The Morgan fingerprint density at radius 3 is 2.32 bits per heavy atom. The Morgan fingerprint density at radius 2 is 1.72 bits per heavy atom. The van der Waals surface area contributed by atoms with Crippen molar-refractivity contribution in [3.05, 3.63) is 59.9 Å². The Morgan fingerprint density at radius 1 is 1.08 bits per heavy atom. The number of pyridine rings is 1. The number of hydrogen-bond acceptors (Lipinski definition) is 4. The molecule has 130 valence electrons. The van der Waals surface area contributed by atoms with Gasteiger partial charge in [-0.3, -0.25) is 14.6 Å². The zero-order valence-corrected chi connectivity index (χ0v) is 13.9. The lowest BCUT2D eigenvalue weighted by Crippen LogP contribution is -2.44. The van der Waals surface area contributed by atoms with Gasteiger partial charge in [0, 0.05) is 42.8 Å². The van der Waals surface area contributed by atoms with Gasteiger partial charge in [-0.15, -0.1) is 0 Å². The number of amides is 1. The number of carbonyl (C=O) groups is 2. The summed E-state index contributed by atoms with van der Waals surface area (Å²) in [7, 11) is 0. The Hall–Kier alpha value is -2.89. The quantitative estimate of drug-likeness (QED) is 0.872. The number of carboxylic acids is 1. The van der Waals surface area contributed by atoms with Gasteiger partial charge in [0.1, 0.15) is 0 Å². The Kier molecular flexibility index (Phi) is 5.28. The predicted molar refractivity (Wildman–Crippen MR) is 94.7 cm³/mol. The molecule has 6 heteroatoms. The number of carboxylic acid groups (broad SMARTS) is 1. The monoisotopic (exact) mass is 339 g/mol. The molecule has 1 aliphatic rings. The molecule has 2 heterocycles. The second-order valence-corrected chi connectivity index (χ2v) is 6.21. The SMILES string of the molecule is O=C(O)Cc1ccc(C(=O)NC2CCN(c3ccncc3)CC2)cc1. The molecule has 1 amide bonds. The molecule has 6 nitrogen and oxygen atoms in total. The van der Waals surface area contributed by atoms with Crippen LogP contribution in [0.25, 0.3) is 0 Å². The molecule has 0 unspecified atom stereocenters. The van der Waals surface area contributed by atoms with Gasteiger partial charge in [0.05, 0.1) is 6.42 Å². The minimum atomic E-state index is -0.877. The second-order valence-electron chi connectivity index (χ2n) is 6.21. The minimum Gasteiger partial charge on any atom is -0.481 e. The molecule has 0 bridgehead atoms. The third-order valence-electron chi connectivity index (χ3n) is 4.43. The van der Waals surface area contributed by atoms with Crippen molar-refractivity contribution in [2.45, 2.75) is 25.3 Å². The first-order valence-corrected chi connectivity index (χ1v) is 8.38. The van der Waals surface area contributed by atoms with E-state index in [9.17, 15) is 9.59 Å². The standard InChI is InChI=1S/C19H21N3O3/c23-18(24)13-14-1-3-15(4-2-14)19(25)21-16-7-11-22(12-8-16)17-5-9-20-10-6-17/h1-6,9-10,16H,7-8,11-13H2,(H,21,25)(H,23,24). The second kappa shape index (κ2) is 7.79. The van der Waals surface area contributed by atoms with E-state index in [0.29, 0.717) is 11.1 Å². The van der Waals surface area contributed by atoms with Crippen molar-refractivity contribution >= 4 is 17.6 Å². The highest BCUT2D eigenvalue weighted by Crippen LogP contribution is 2.19. The highest BCUT2D eigenvalue weighted by Gasteiger charge is 2.21. The summed E-state index contributed by atoms with van der Waals surface area (Å²) in [5, 5.41) is 11.9. The zero-order valence-electron chi connectivity index (χ0n) is 13.9. The predicted octanol–water partition coefficient (Wildman–Crippen LogP) is 2.11. The van der Waals surface area contributed by atoms with Gasteiger partial charge in [-0.1, -0.05) is 12.1 Å². The molecule has 0 saturated carbocycles. The van der Waals surface area contributed by atoms with E-state index in [2.05, 4.69) is 15.2 Å². The van der Waals surface area contributed by atoms with E-state index in [0.717, 1.165) is 31.6 Å². The van der Waals surface area contributed by atoms with Crippen LogP contribution < -0.4 is 10.2 Å². The summed E-state index contributed by atoms with van der Waals surface area (Å²) in [6.07, 6.45) is 5.33. The van der Waals surface area contributed by atoms with Crippen LogP contribution in [0.2, 0.25) is 0 Å². The maximum atomic E-state index is 12.3. The molecule has 1 fully saturated rings. The lowest BCUT2D eigenvalue weighted by Gasteiger charge is -2.33. The van der Waals surface area contributed by atoms with Crippen LogP contribution in [0.3, 0.4) is 0 Å². The fourth-order valence-corrected chi connectivity index (χ4v) is 3.05. The van der Waals surface area contributed by atoms with Crippen LogP contribution in [-0.2, 0) is 11.2 Å². The summed E-state index contributed by atoms with van der Waals surface area (Å²) >= 11 is 0. The number of rotatable bonds is 5. The number of aliphatic carboxylic acids is 1. The molecule has 0 radical (unpaired) electrons. The number of piperidine rings is 1. The van der Waals surface area contributed by atoms with Crippen molar-refractivity contribution in [2.75, 3.05) is 18.0 Å². The lowest BCUT2D eigenvalue weighted by molar-refractivity contribution is -0.136. The Labute approximate surface area is 146 Å². The van der Waals surface area contributed by atoms with Gasteiger partial charge >= 0.3 is 5.97 Å². The number of aromatic nitrogens is 1. The first kappa shape index (κ1) is 17.0. The van der Waals surface area contributed by atoms with E-state index in [1.807, 2.05) is 12.1 Å². The van der Waals surface area contributed by atoms with Gasteiger partial charge in [-0.2, -0.15) is 0 Å². The molecule has 1 aliphatic heterocycles. The van der Waals surface area contributed by atoms with Crippen LogP contribution in [-0.4, -0.2) is 41.1 Å². The smallest absolute Gasteiger partial charge is 0.307 e. The van der Waals surface area contributed by atoms with Crippen LogP contribution in [0, 0.1) is 0 Å². The average Bonchev–Trinajstić information content (AvgIpc) is 2.63. The number of carbonyl (C=O) groups excluding carboxylic acids is 1. The fourth-order valence-electron chi connectivity index (χ4n) is 3.05. The van der Waals surface area contributed by atoms with Crippen LogP contribution in [0.5, 0.6) is 0 Å². The molecule has 25 heavy (non-hydrogen) atoms. The minimum absolute atomic E-state index is 0.0324. The molecule has 0 aliphatic carbocycles. The maximum absolute atomic E-state index is 12.3. The molecule has 1 aromatic heterocycles. The summed E-state index contributed by atoms with van der Waals surface area (Å²) in [5.74, 6) is -0.984. The third kappa shape index (κ3) is 4.56. The van der Waals surface area contributed by atoms with Crippen LogP contribution in [0.1, 0.15) is 28.8 Å². The topological polar surface area (TPSA) is 82.5 Å². The lowest BCUT2D eigenvalue weighted by atomic mass is 10.0. The van der Waals surface area contributed by atoms with E-state index in [-0.39, 0.29) is 18.4 Å². The Balaban J connectivity index is 1.51. The van der Waals surface area contributed by atoms with Gasteiger partial charge in [0.2, 0.25) is 0 Å². The summed E-state index contributed by atoms with van der Waals surface area (Å²) in [5.41, 5.74) is 2.41. The van der Waals surface area contributed by atoms with E-state index < -0.39 is 5.97 Å². The van der Waals surface area contributed by atoms with Gasteiger partial charge in [0.25, 0.3) is 5.91 Å². The summed E-state index contributed by atoms with van der Waals surface area (Å²) in [6, 6.07) is 10.9. The van der Waals surface area contributed by atoms with Crippen molar-refractivity contribution < 1.29 is 14.7 Å². The van der Waals surface area contributed by atoms with Gasteiger partial charge < -0.3 is 15.3 Å². The highest BCUT2D eigenvalue weighted by atomic mass is 16.4. The molecule has 3 rings (SSSR count). The molecular weight excluding hydrogens is 318 g/mol. The van der Waals surface area contributed by atoms with Crippen LogP contribution in [0.4, 0.5) is 5.69 Å². The molecule has 1 saturated heterocycles. The van der Waals surface area contributed by atoms with Gasteiger partial charge in [0.15, 0.2) is 0 Å². The third-order valence-corrected chi connectivity index (χ3v) is 4.43. The van der Waals surface area contributed by atoms with Crippen molar-refractivity contribution in [2.24, 2.45) is 0 Å². The number of nitrogens with one attached hydrogen (secondary N) is 1. The number of anilines is 1. The van der Waals surface area contributed by atoms with Gasteiger partial charge in [-0.25, -0.2) is 0 Å². The van der Waals surface area contributed by atoms with E-state index in [4.69, 9.17) is 5.11 Å². The summed E-state index contributed by atoms with van der Waals surface area (Å²) < 4.78 is 0. The first-order chi connectivity index (χ1) is 12.1. The van der Waals surface area contributed by atoms with Crippen molar-refractivity contribution in [1.82, 2.24) is 10.3 Å². The largest absolute Gasteiger partial charge is 0.481 e. The molecule has 1 aromatic carbocycles. The van der Waals surface area contributed by atoms with Crippen molar-refractivity contribution in [1.29, 1.82) is 0 Å².